The van der Waals surface area contributed by atoms with Gasteiger partial charge in [0.1, 0.15) is 5.82 Å². The zero-order valence-corrected chi connectivity index (χ0v) is 13.4. The molecule has 3 N–H and O–H groups in total. The molecule has 0 saturated carbocycles. The Bertz CT molecular complexity index is 567. The van der Waals surface area contributed by atoms with Crippen molar-refractivity contribution in [1.29, 1.82) is 0 Å². The largest absolute Gasteiger partial charge is 0.380 e. The highest BCUT2D eigenvalue weighted by Crippen LogP contribution is 2.23. The molecule has 21 heavy (non-hydrogen) atoms. The van der Waals surface area contributed by atoms with Gasteiger partial charge in [-0.1, -0.05) is 24.9 Å². The maximum Gasteiger partial charge on any atom is 0.240 e. The fourth-order valence-corrected chi connectivity index (χ4v) is 2.86. The van der Waals surface area contributed by atoms with Gasteiger partial charge < -0.3 is 10.5 Å². The number of ether oxygens (including phenoxy) is 1. The van der Waals surface area contributed by atoms with Crippen molar-refractivity contribution < 1.29 is 17.5 Å². The molecule has 0 heterocycles. The van der Waals surface area contributed by atoms with Crippen LogP contribution in [-0.4, -0.2) is 28.2 Å². The fourth-order valence-electron chi connectivity index (χ4n) is 1.60. The lowest BCUT2D eigenvalue weighted by atomic mass is 10.2. The minimum absolute atomic E-state index is 0.0424. The Balaban J connectivity index is 2.68. The van der Waals surface area contributed by atoms with Gasteiger partial charge in [0.2, 0.25) is 10.0 Å². The molecule has 1 rings (SSSR count). The molecule has 0 spiro atoms. The zero-order chi connectivity index (χ0) is 15.9. The van der Waals surface area contributed by atoms with Crippen molar-refractivity contribution in [2.75, 3.05) is 19.8 Å². The van der Waals surface area contributed by atoms with Crippen LogP contribution in [0.5, 0.6) is 0 Å². The van der Waals surface area contributed by atoms with Crippen LogP contribution in [-0.2, 0) is 21.3 Å². The van der Waals surface area contributed by atoms with E-state index in [4.69, 9.17) is 22.1 Å². The van der Waals surface area contributed by atoms with Gasteiger partial charge in [0.05, 0.1) is 16.5 Å². The van der Waals surface area contributed by atoms with Crippen LogP contribution in [0.25, 0.3) is 0 Å². The third-order valence-corrected chi connectivity index (χ3v) is 4.65. The molecule has 0 aliphatic carbocycles. The van der Waals surface area contributed by atoms with E-state index in [0.29, 0.717) is 6.61 Å². The molecule has 0 radical (unpaired) electrons. The van der Waals surface area contributed by atoms with Gasteiger partial charge in [0.15, 0.2) is 0 Å². The summed E-state index contributed by atoms with van der Waals surface area (Å²) >= 11 is 5.70. The summed E-state index contributed by atoms with van der Waals surface area (Å²) in [5, 5.41) is -0.153. The average Bonchev–Trinajstić information content (AvgIpc) is 2.45. The summed E-state index contributed by atoms with van der Waals surface area (Å²) in [6, 6.07) is 2.15. The summed E-state index contributed by atoms with van der Waals surface area (Å²) in [5.74, 6) is -0.806. The van der Waals surface area contributed by atoms with Gasteiger partial charge in [-0.2, -0.15) is 0 Å². The van der Waals surface area contributed by atoms with E-state index in [1.54, 1.807) is 0 Å². The summed E-state index contributed by atoms with van der Waals surface area (Å²) in [6.07, 6.45) is 1.94. The summed E-state index contributed by atoms with van der Waals surface area (Å²) in [6.45, 7) is 2.97. The van der Waals surface area contributed by atoms with Gasteiger partial charge in [0.25, 0.3) is 0 Å². The lowest BCUT2D eigenvalue weighted by Crippen LogP contribution is -2.28. The second-order valence-electron chi connectivity index (χ2n) is 4.45. The highest BCUT2D eigenvalue weighted by atomic mass is 35.5. The van der Waals surface area contributed by atoms with Crippen LogP contribution >= 0.6 is 11.6 Å². The molecular formula is C13H20ClFN2O3S. The van der Waals surface area contributed by atoms with Gasteiger partial charge in [-0.3, -0.25) is 0 Å². The molecule has 0 bridgehead atoms. The first kappa shape index (κ1) is 18.3. The Morgan fingerprint density at radius 2 is 2.10 bits per heavy atom. The summed E-state index contributed by atoms with van der Waals surface area (Å²) < 4.78 is 45.2. The number of sulfonamides is 1. The number of nitrogens with two attached hydrogens (primary N) is 1. The molecule has 0 atom stereocenters. The predicted molar refractivity (Wildman–Crippen MR) is 80.2 cm³/mol. The van der Waals surface area contributed by atoms with Gasteiger partial charge in [-0.25, -0.2) is 17.5 Å². The monoisotopic (exact) mass is 338 g/mol. The number of rotatable bonds is 9. The molecular weight excluding hydrogens is 319 g/mol. The highest BCUT2D eigenvalue weighted by molar-refractivity contribution is 7.89. The van der Waals surface area contributed by atoms with E-state index in [1.807, 2.05) is 6.92 Å². The molecule has 1 aromatic rings. The van der Waals surface area contributed by atoms with E-state index in [9.17, 15) is 12.8 Å². The van der Waals surface area contributed by atoms with E-state index in [-0.39, 0.29) is 35.2 Å². The minimum Gasteiger partial charge on any atom is -0.380 e. The van der Waals surface area contributed by atoms with Crippen molar-refractivity contribution >= 4 is 21.6 Å². The highest BCUT2D eigenvalue weighted by Gasteiger charge is 2.18. The van der Waals surface area contributed by atoms with Crippen molar-refractivity contribution in [2.45, 2.75) is 31.2 Å². The van der Waals surface area contributed by atoms with Crippen molar-refractivity contribution in [3.05, 3.63) is 28.5 Å². The summed E-state index contributed by atoms with van der Waals surface area (Å²) in [7, 11) is -3.81. The van der Waals surface area contributed by atoms with Crippen molar-refractivity contribution in [3.63, 3.8) is 0 Å². The fraction of sp³-hybridized carbons (Fsp3) is 0.538. The van der Waals surface area contributed by atoms with E-state index < -0.39 is 15.8 Å². The number of hydrogen-bond donors (Lipinski definition) is 2. The SMILES string of the molecule is CCCCOCCNS(=O)(=O)c1cc(F)c(Cl)c(CN)c1. The molecule has 5 nitrogen and oxygen atoms in total. The average molecular weight is 339 g/mol. The second kappa shape index (κ2) is 8.65. The third-order valence-electron chi connectivity index (χ3n) is 2.79. The van der Waals surface area contributed by atoms with Crippen molar-refractivity contribution in [3.8, 4) is 0 Å². The smallest absolute Gasteiger partial charge is 0.240 e. The predicted octanol–water partition coefficient (Wildman–Crippen LogP) is 2.03. The third kappa shape index (κ3) is 5.52. The Labute approximate surface area is 129 Å². The number of hydrogen-bond acceptors (Lipinski definition) is 4. The minimum atomic E-state index is -3.81. The number of unbranched alkanes of at least 4 members (excludes halogenated alkanes) is 1. The Morgan fingerprint density at radius 1 is 1.38 bits per heavy atom. The lowest BCUT2D eigenvalue weighted by molar-refractivity contribution is 0.136. The number of nitrogens with one attached hydrogen (secondary N) is 1. The molecule has 0 aliphatic rings. The maximum absolute atomic E-state index is 13.6. The van der Waals surface area contributed by atoms with E-state index in [1.165, 1.54) is 6.07 Å². The van der Waals surface area contributed by atoms with Gasteiger partial charge >= 0.3 is 0 Å². The van der Waals surface area contributed by atoms with E-state index >= 15 is 0 Å². The van der Waals surface area contributed by atoms with Crippen molar-refractivity contribution in [2.24, 2.45) is 5.73 Å². The van der Waals surface area contributed by atoms with Crippen molar-refractivity contribution in [1.82, 2.24) is 4.72 Å². The summed E-state index contributed by atoms with van der Waals surface area (Å²) in [4.78, 5) is -0.196. The lowest BCUT2D eigenvalue weighted by Gasteiger charge is -2.10. The zero-order valence-electron chi connectivity index (χ0n) is 11.9. The van der Waals surface area contributed by atoms with Crippen LogP contribution in [0.15, 0.2) is 17.0 Å². The Kier molecular flexibility index (Phi) is 7.55. The summed E-state index contributed by atoms with van der Waals surface area (Å²) in [5.41, 5.74) is 5.66. The van der Waals surface area contributed by atoms with E-state index in [0.717, 1.165) is 18.9 Å². The molecule has 0 unspecified atom stereocenters. The molecule has 8 heteroatoms. The number of benzene rings is 1. The van der Waals surface area contributed by atoms with Crippen LogP contribution in [0.4, 0.5) is 4.39 Å². The maximum atomic E-state index is 13.6. The first-order valence-electron chi connectivity index (χ1n) is 6.67. The van der Waals surface area contributed by atoms with Crippen LogP contribution in [0.2, 0.25) is 5.02 Å². The molecule has 0 aromatic heterocycles. The second-order valence-corrected chi connectivity index (χ2v) is 6.59. The number of halogens is 2. The molecule has 0 saturated heterocycles. The topological polar surface area (TPSA) is 81.4 Å². The molecule has 120 valence electrons. The molecule has 1 aromatic carbocycles. The van der Waals surface area contributed by atoms with Crippen LogP contribution in [0.1, 0.15) is 25.3 Å². The Hall–Kier alpha value is -0.730. The van der Waals surface area contributed by atoms with Gasteiger partial charge in [-0.05, 0) is 24.1 Å². The van der Waals surface area contributed by atoms with Crippen LogP contribution in [0, 0.1) is 5.82 Å². The molecule has 0 amide bonds. The van der Waals surface area contributed by atoms with E-state index in [2.05, 4.69) is 4.72 Å². The molecule has 0 aliphatic heterocycles. The molecule has 0 fully saturated rings. The first-order valence-corrected chi connectivity index (χ1v) is 8.54. The van der Waals surface area contributed by atoms with Gasteiger partial charge in [-0.15, -0.1) is 0 Å². The quantitative estimate of drug-likeness (QED) is 0.675. The Morgan fingerprint density at radius 3 is 2.71 bits per heavy atom. The standard InChI is InChI=1S/C13H20ClFN2O3S/c1-2-3-5-20-6-4-17-21(18,19)11-7-10(9-16)13(14)12(15)8-11/h7-8,17H,2-6,9,16H2,1H3. The first-order chi connectivity index (χ1) is 9.92. The van der Waals surface area contributed by atoms with Crippen LogP contribution < -0.4 is 10.5 Å². The van der Waals surface area contributed by atoms with Crippen LogP contribution in [0.3, 0.4) is 0 Å². The van der Waals surface area contributed by atoms with Gasteiger partial charge in [0, 0.05) is 19.7 Å². The normalized spacial score (nSPS) is 11.8.